The number of likely N-dealkylation sites (N-methyl/N-ethyl adjacent to an activating group) is 1. The van der Waals surface area contributed by atoms with Gasteiger partial charge in [0.25, 0.3) is 0 Å². The zero-order valence-electron chi connectivity index (χ0n) is 8.06. The molecule has 0 heterocycles. The molecule has 0 bridgehead atoms. The number of nitrogens with one attached hydrogen (secondary N) is 2. The normalized spacial score (nSPS) is 14.5. The van der Waals surface area contributed by atoms with Crippen LogP contribution in [0.4, 0.5) is 0 Å². The Hall–Kier alpha value is -0.580. The van der Waals surface area contributed by atoms with Crippen LogP contribution in [-0.2, 0) is 9.59 Å². The van der Waals surface area contributed by atoms with Crippen LogP contribution in [0.2, 0.25) is 0 Å². The first kappa shape index (κ1) is 12.4. The Morgan fingerprint density at radius 1 is 1.31 bits per heavy atom. The molecule has 2 atom stereocenters. The fourth-order valence-electron chi connectivity index (χ4n) is 0.721. The molecule has 0 saturated carbocycles. The zero-order chi connectivity index (χ0) is 10.4. The van der Waals surface area contributed by atoms with Crippen molar-refractivity contribution in [2.45, 2.75) is 31.6 Å². The molecule has 4 nitrogen and oxygen atoms in total. The minimum Gasteiger partial charge on any atom is -0.355 e. The molecule has 0 aromatic heterocycles. The summed E-state index contributed by atoms with van der Waals surface area (Å²) in [5.41, 5.74) is 0. The summed E-state index contributed by atoms with van der Waals surface area (Å²) in [6.07, 6.45) is 0. The van der Waals surface area contributed by atoms with Crippen LogP contribution in [0.25, 0.3) is 0 Å². The van der Waals surface area contributed by atoms with E-state index in [1.807, 2.05) is 6.92 Å². The predicted molar refractivity (Wildman–Crippen MR) is 54.7 cm³/mol. The van der Waals surface area contributed by atoms with E-state index in [0.29, 0.717) is 6.54 Å². The Bertz CT molecular complexity index is 195. The number of amides is 2. The van der Waals surface area contributed by atoms with Crippen LogP contribution in [0.1, 0.15) is 20.8 Å². The van der Waals surface area contributed by atoms with Gasteiger partial charge in [0.15, 0.2) is 0 Å². The Kier molecular flexibility index (Phi) is 5.70. The summed E-state index contributed by atoms with van der Waals surface area (Å²) in [5, 5.41) is 5.19. The van der Waals surface area contributed by atoms with E-state index in [1.54, 1.807) is 13.8 Å². The Morgan fingerprint density at radius 3 is 2.23 bits per heavy atom. The molecule has 0 fully saturated rings. The maximum Gasteiger partial charge on any atom is 0.242 e. The molecule has 0 rings (SSSR count). The zero-order valence-corrected chi connectivity index (χ0v) is 9.64. The lowest BCUT2D eigenvalue weighted by Crippen LogP contribution is -2.46. The van der Waals surface area contributed by atoms with Gasteiger partial charge in [-0.1, -0.05) is 15.9 Å². The lowest BCUT2D eigenvalue weighted by molar-refractivity contribution is -0.128. The van der Waals surface area contributed by atoms with Gasteiger partial charge in [-0.25, -0.2) is 0 Å². The van der Waals surface area contributed by atoms with Crippen molar-refractivity contribution in [1.82, 2.24) is 10.6 Å². The van der Waals surface area contributed by atoms with Crippen LogP contribution in [0.3, 0.4) is 0 Å². The predicted octanol–water partition coefficient (Wildman–Crippen LogP) is 0.411. The molecule has 0 aliphatic rings. The van der Waals surface area contributed by atoms with E-state index >= 15 is 0 Å². The van der Waals surface area contributed by atoms with Gasteiger partial charge in [0, 0.05) is 6.54 Å². The molecule has 0 aliphatic heterocycles. The molecule has 13 heavy (non-hydrogen) atoms. The minimum absolute atomic E-state index is 0.163. The molecular weight excluding hydrogens is 236 g/mol. The molecule has 0 aromatic carbocycles. The lowest BCUT2D eigenvalue weighted by Gasteiger charge is -2.13. The van der Waals surface area contributed by atoms with Crippen molar-refractivity contribution < 1.29 is 9.59 Å². The number of alkyl halides is 1. The van der Waals surface area contributed by atoms with Gasteiger partial charge in [-0.2, -0.15) is 0 Å². The highest BCUT2D eigenvalue weighted by atomic mass is 79.9. The monoisotopic (exact) mass is 250 g/mol. The minimum atomic E-state index is -0.479. The number of halogens is 1. The van der Waals surface area contributed by atoms with Crippen molar-refractivity contribution in [2.24, 2.45) is 0 Å². The quantitative estimate of drug-likeness (QED) is 0.711. The van der Waals surface area contributed by atoms with Gasteiger partial charge in [0.1, 0.15) is 6.04 Å². The van der Waals surface area contributed by atoms with Crippen LogP contribution < -0.4 is 10.6 Å². The first-order valence-corrected chi connectivity index (χ1v) is 5.12. The molecular formula is C8H15BrN2O2. The highest BCUT2D eigenvalue weighted by Crippen LogP contribution is 1.97. The molecule has 2 N–H and O–H groups in total. The molecule has 2 unspecified atom stereocenters. The van der Waals surface area contributed by atoms with Crippen molar-refractivity contribution in [3.63, 3.8) is 0 Å². The fraction of sp³-hybridized carbons (Fsp3) is 0.750. The molecule has 2 amide bonds. The molecule has 0 aromatic rings. The number of carbonyl (C=O) groups excluding carboxylic acids is 2. The van der Waals surface area contributed by atoms with E-state index in [4.69, 9.17) is 0 Å². The first-order chi connectivity index (χ1) is 5.99. The third-order valence-electron chi connectivity index (χ3n) is 1.46. The van der Waals surface area contributed by atoms with Crippen LogP contribution in [0, 0.1) is 0 Å². The second-order valence-corrected chi connectivity index (χ2v) is 4.11. The third-order valence-corrected chi connectivity index (χ3v) is 1.88. The van der Waals surface area contributed by atoms with Crippen LogP contribution in [-0.4, -0.2) is 29.2 Å². The highest BCUT2D eigenvalue weighted by molar-refractivity contribution is 9.10. The van der Waals surface area contributed by atoms with Crippen LogP contribution in [0.5, 0.6) is 0 Å². The van der Waals surface area contributed by atoms with Crippen molar-refractivity contribution in [2.75, 3.05) is 6.54 Å². The van der Waals surface area contributed by atoms with E-state index in [1.165, 1.54) is 0 Å². The lowest BCUT2D eigenvalue weighted by atomic mass is 10.3. The smallest absolute Gasteiger partial charge is 0.242 e. The molecule has 0 saturated heterocycles. The molecule has 5 heteroatoms. The number of carbonyl (C=O) groups is 2. The summed E-state index contributed by atoms with van der Waals surface area (Å²) in [5.74, 6) is -0.345. The topological polar surface area (TPSA) is 58.2 Å². The van der Waals surface area contributed by atoms with E-state index in [9.17, 15) is 9.59 Å². The van der Waals surface area contributed by atoms with E-state index in [0.717, 1.165) is 0 Å². The SMILES string of the molecule is CCNC(=O)C(C)NC(=O)C(C)Br. The van der Waals surface area contributed by atoms with E-state index < -0.39 is 6.04 Å². The second kappa shape index (κ2) is 5.96. The average Bonchev–Trinajstić information content (AvgIpc) is 2.04. The van der Waals surface area contributed by atoms with Gasteiger partial charge in [-0.15, -0.1) is 0 Å². The van der Waals surface area contributed by atoms with Gasteiger partial charge in [0.2, 0.25) is 11.8 Å². The summed E-state index contributed by atoms with van der Waals surface area (Å²) in [4.78, 5) is 22.0. The number of hydrogen-bond acceptors (Lipinski definition) is 2. The fourth-order valence-corrected chi connectivity index (χ4v) is 0.853. The largest absolute Gasteiger partial charge is 0.355 e. The Labute approximate surface area is 86.6 Å². The summed E-state index contributed by atoms with van der Waals surface area (Å²) < 4.78 is 0. The van der Waals surface area contributed by atoms with Crippen molar-refractivity contribution in [3.8, 4) is 0 Å². The number of rotatable bonds is 4. The summed E-state index contributed by atoms with van der Waals surface area (Å²) in [6, 6.07) is -0.479. The summed E-state index contributed by atoms with van der Waals surface area (Å²) in [6.45, 7) is 5.76. The van der Waals surface area contributed by atoms with Crippen molar-refractivity contribution in [3.05, 3.63) is 0 Å². The van der Waals surface area contributed by atoms with Gasteiger partial charge in [-0.3, -0.25) is 9.59 Å². The number of hydrogen-bond donors (Lipinski definition) is 2. The molecule has 0 radical (unpaired) electrons. The summed E-state index contributed by atoms with van der Waals surface area (Å²) >= 11 is 3.11. The van der Waals surface area contributed by atoms with Crippen LogP contribution >= 0.6 is 15.9 Å². The molecule has 0 spiro atoms. The van der Waals surface area contributed by atoms with Gasteiger partial charge in [0.05, 0.1) is 4.83 Å². The molecule has 0 aliphatic carbocycles. The van der Waals surface area contributed by atoms with Crippen molar-refractivity contribution in [1.29, 1.82) is 0 Å². The second-order valence-electron chi connectivity index (χ2n) is 2.74. The third kappa shape index (κ3) is 4.87. The molecule has 76 valence electrons. The van der Waals surface area contributed by atoms with E-state index in [2.05, 4.69) is 26.6 Å². The van der Waals surface area contributed by atoms with Crippen molar-refractivity contribution >= 4 is 27.7 Å². The van der Waals surface area contributed by atoms with Gasteiger partial charge in [-0.05, 0) is 20.8 Å². The maximum absolute atomic E-state index is 11.2. The van der Waals surface area contributed by atoms with E-state index in [-0.39, 0.29) is 16.6 Å². The standard InChI is InChI=1S/C8H15BrN2O2/c1-4-10-8(13)6(3)11-7(12)5(2)9/h5-6H,4H2,1-3H3,(H,10,13)(H,11,12). The maximum atomic E-state index is 11.2. The van der Waals surface area contributed by atoms with Crippen LogP contribution in [0.15, 0.2) is 0 Å². The highest BCUT2D eigenvalue weighted by Gasteiger charge is 2.16. The average molecular weight is 251 g/mol. The van der Waals surface area contributed by atoms with Gasteiger partial charge < -0.3 is 10.6 Å². The Morgan fingerprint density at radius 2 is 1.85 bits per heavy atom. The summed E-state index contributed by atoms with van der Waals surface area (Å²) in [7, 11) is 0. The first-order valence-electron chi connectivity index (χ1n) is 4.21. The Balaban J connectivity index is 3.92. The van der Waals surface area contributed by atoms with Gasteiger partial charge >= 0.3 is 0 Å².